The highest BCUT2D eigenvalue weighted by Gasteiger charge is 2.76. The Labute approximate surface area is 422 Å². The molecule has 10 aliphatic rings. The van der Waals surface area contributed by atoms with Crippen LogP contribution in [0.25, 0.3) is 0 Å². The van der Waals surface area contributed by atoms with Gasteiger partial charge in [-0.15, -0.1) is 0 Å². The van der Waals surface area contributed by atoms with Crippen LogP contribution < -0.4 is 0 Å². The molecule has 8 saturated carbocycles. The molecule has 0 aromatic heterocycles. The summed E-state index contributed by atoms with van der Waals surface area (Å²) in [6.45, 7) is 27.1. The Balaban J connectivity index is 0.000000172. The van der Waals surface area contributed by atoms with Crippen LogP contribution in [-0.2, 0) is 34.7 Å². The Morgan fingerprint density at radius 1 is 0.681 bits per heavy atom. The van der Waals surface area contributed by atoms with Crippen LogP contribution in [0.4, 0.5) is 0 Å². The molecule has 2 aromatic rings. The van der Waals surface area contributed by atoms with Crippen molar-refractivity contribution < 1.29 is 29.0 Å². The quantitative estimate of drug-likeness (QED) is 0.213. The first-order chi connectivity index (χ1) is 32.1. The number of ether oxygens (including phenoxy) is 1. The molecule has 0 radical (unpaired) electrons. The van der Waals surface area contributed by atoms with E-state index in [1.807, 2.05) is 9.80 Å². The molecule has 4 bridgehead atoms. The van der Waals surface area contributed by atoms with Crippen LogP contribution in [0.5, 0.6) is 0 Å². The zero-order chi connectivity index (χ0) is 50.4. The number of carboxylic acids is 1. The molecule has 8 nitrogen and oxygen atoms in total. The van der Waals surface area contributed by atoms with Crippen molar-refractivity contribution in [2.45, 2.75) is 194 Å². The number of amides is 2. The van der Waals surface area contributed by atoms with Crippen LogP contribution in [0.15, 0.2) is 59.9 Å². The predicted molar refractivity (Wildman–Crippen MR) is 274 cm³/mol. The molecule has 0 spiro atoms. The van der Waals surface area contributed by atoms with Crippen molar-refractivity contribution in [2.75, 3.05) is 7.11 Å². The maximum Gasteiger partial charge on any atom is 0.312 e. The molecule has 0 saturated heterocycles. The fraction of sp³-hybridized carbons (Fsp3) is 0.661. The van der Waals surface area contributed by atoms with Gasteiger partial charge in [0.25, 0.3) is 0 Å². The van der Waals surface area contributed by atoms with Crippen molar-refractivity contribution in [2.24, 2.45) is 45.3 Å². The van der Waals surface area contributed by atoms with Gasteiger partial charge < -0.3 is 19.6 Å². The number of hydrogen-bond donors (Lipinski definition) is 1. The lowest BCUT2D eigenvalue weighted by Crippen LogP contribution is -2.77. The highest BCUT2D eigenvalue weighted by atomic mass is 35.5. The van der Waals surface area contributed by atoms with Crippen LogP contribution in [0, 0.1) is 45.3 Å². The van der Waals surface area contributed by atoms with E-state index in [1.165, 1.54) is 42.2 Å². The van der Waals surface area contributed by atoms with E-state index in [2.05, 4.69) is 132 Å². The van der Waals surface area contributed by atoms with Gasteiger partial charge in [-0.2, -0.15) is 0 Å². The first-order valence-electron chi connectivity index (χ1n) is 26.1. The number of benzene rings is 2. The van der Waals surface area contributed by atoms with E-state index in [9.17, 15) is 24.3 Å². The van der Waals surface area contributed by atoms with Gasteiger partial charge in [0, 0.05) is 46.1 Å². The molecule has 2 aromatic carbocycles. The van der Waals surface area contributed by atoms with E-state index in [1.54, 1.807) is 0 Å². The van der Waals surface area contributed by atoms with Crippen molar-refractivity contribution in [1.82, 2.24) is 9.80 Å². The highest BCUT2D eigenvalue weighted by molar-refractivity contribution is 6.32. The van der Waals surface area contributed by atoms with Gasteiger partial charge in [0.2, 0.25) is 11.8 Å². The summed E-state index contributed by atoms with van der Waals surface area (Å²) in [7, 11) is 1.46. The summed E-state index contributed by atoms with van der Waals surface area (Å²) in [4.78, 5) is 54.8. The van der Waals surface area contributed by atoms with E-state index in [0.29, 0.717) is 67.6 Å². The largest absolute Gasteiger partial charge is 0.481 e. The average molecular weight is 982 g/mol. The number of carbonyl (C=O) groups excluding carboxylic acids is 3. The van der Waals surface area contributed by atoms with E-state index in [-0.39, 0.29) is 50.5 Å². The molecule has 2 amide bonds. The Bertz CT molecular complexity index is 2520. The van der Waals surface area contributed by atoms with Gasteiger partial charge in [-0.05, 0) is 156 Å². The van der Waals surface area contributed by atoms with Gasteiger partial charge in [0.1, 0.15) is 0 Å². The van der Waals surface area contributed by atoms with Crippen molar-refractivity contribution in [3.63, 3.8) is 0 Å². The zero-order valence-electron chi connectivity index (χ0n) is 43.7. The number of carboxylic acid groups (broad SMARTS) is 1. The number of methoxy groups -OCH3 is 1. The molecule has 69 heavy (non-hydrogen) atoms. The first-order valence-corrected chi connectivity index (χ1v) is 26.8. The molecule has 1 N–H and O–H groups in total. The van der Waals surface area contributed by atoms with E-state index >= 15 is 0 Å². The number of halogens is 2. The normalized spacial score (nSPS) is 37.0. The van der Waals surface area contributed by atoms with E-state index in [4.69, 9.17) is 27.9 Å². The lowest BCUT2D eigenvalue weighted by atomic mass is 9.38. The van der Waals surface area contributed by atoms with Crippen LogP contribution in [0.2, 0.25) is 10.0 Å². The van der Waals surface area contributed by atoms with Crippen LogP contribution in [0.3, 0.4) is 0 Å². The van der Waals surface area contributed by atoms with Gasteiger partial charge in [-0.25, -0.2) is 0 Å². The molecule has 8 aliphatic carbocycles. The van der Waals surface area contributed by atoms with Crippen LogP contribution >= 0.6 is 23.2 Å². The second-order valence-electron chi connectivity index (χ2n) is 26.3. The molecule has 0 unspecified atom stereocenters. The summed E-state index contributed by atoms with van der Waals surface area (Å²) in [6.07, 6.45) is 13.3. The third-order valence-corrected chi connectivity index (χ3v) is 20.3. The number of esters is 1. The number of hydrogen-bond acceptors (Lipinski definition) is 5. The maximum atomic E-state index is 13.6. The number of allylic oxidation sites excluding steroid dienone is 2. The minimum atomic E-state index is -0.714. The number of aliphatic carboxylic acids is 1. The Morgan fingerprint density at radius 2 is 1.04 bits per heavy atom. The summed E-state index contributed by atoms with van der Waals surface area (Å²) in [5.41, 5.74) is 5.59. The Morgan fingerprint density at radius 3 is 1.33 bits per heavy atom. The lowest BCUT2D eigenvalue weighted by molar-refractivity contribution is -0.226. The molecule has 8 fully saturated rings. The van der Waals surface area contributed by atoms with Crippen LogP contribution in [0.1, 0.15) is 194 Å². The first kappa shape index (κ1) is 50.3. The Hall–Kier alpha value is -3.62. The monoisotopic (exact) mass is 981 g/mol. The summed E-state index contributed by atoms with van der Waals surface area (Å²) in [5.74, 6) is 2.44. The highest BCUT2D eigenvalue weighted by Crippen LogP contribution is 2.72. The third kappa shape index (κ3) is 7.87. The Kier molecular flexibility index (Phi) is 12.0. The topological polar surface area (TPSA) is 104 Å². The molecule has 2 aliphatic heterocycles. The predicted octanol–water partition coefficient (Wildman–Crippen LogP) is 13.9. The standard InChI is InChI=1S/C30H40ClNO3.C29H38ClNO3/c1-8-18(2)23-14-32(30-15-29(16-30,17-30)26(34)35-7)25(33)13-28(23,6)19-9-10-20(24(31)11-19)21-12-22(21)27(3,4)5;1-7-17(2)22-13-31(29-14-28(15-29,16-29)25(33)34)24(32)12-27(22,6)18-8-9-19(23(30)10-18)20-11-21(20)26(3,4)5/h9-11,14,18,21-22H,8,12-13,15-17H2,1-7H3;8-10,13,17,20-21H,7,11-12,14-16H2,1-6H3,(H,33,34)/t18-,21-,22+,28-,29?,30?;17-,20-,21+,27-,28?,29?/m00/s1. The van der Waals surface area contributed by atoms with Crippen LogP contribution in [-0.4, -0.2) is 56.8 Å². The maximum absolute atomic E-state index is 13.6. The zero-order valence-corrected chi connectivity index (χ0v) is 45.2. The smallest absolute Gasteiger partial charge is 0.312 e. The molecular formula is C59H78Cl2N2O6. The van der Waals surface area contributed by atoms with Gasteiger partial charge in [-0.3, -0.25) is 19.2 Å². The third-order valence-electron chi connectivity index (χ3n) is 19.6. The second kappa shape index (κ2) is 16.5. The summed E-state index contributed by atoms with van der Waals surface area (Å²) >= 11 is 13.8. The fourth-order valence-electron chi connectivity index (χ4n) is 14.8. The number of rotatable bonds is 12. The molecule has 8 atom stereocenters. The van der Waals surface area contributed by atoms with Gasteiger partial charge in [-0.1, -0.05) is 131 Å². The minimum absolute atomic E-state index is 0.100. The van der Waals surface area contributed by atoms with Crippen molar-refractivity contribution >= 4 is 47.0 Å². The van der Waals surface area contributed by atoms with Crippen molar-refractivity contribution in [1.29, 1.82) is 0 Å². The second-order valence-corrected chi connectivity index (χ2v) is 27.1. The van der Waals surface area contributed by atoms with Crippen molar-refractivity contribution in [3.05, 3.63) is 92.2 Å². The molecular weight excluding hydrogens is 904 g/mol. The fourth-order valence-corrected chi connectivity index (χ4v) is 15.4. The van der Waals surface area contributed by atoms with E-state index in [0.717, 1.165) is 53.3 Å². The summed E-state index contributed by atoms with van der Waals surface area (Å²) < 4.78 is 5.02. The van der Waals surface area contributed by atoms with Gasteiger partial charge >= 0.3 is 11.9 Å². The molecule has 10 heteroatoms. The molecule has 2 heterocycles. The van der Waals surface area contributed by atoms with Gasteiger partial charge in [0.05, 0.1) is 29.0 Å². The minimum Gasteiger partial charge on any atom is -0.481 e. The molecule has 374 valence electrons. The SMILES string of the molecule is CC[C@H](C)C1=CN(C23CC(C(=O)O)(C2)C3)C(=O)C[C@@]1(C)c1ccc([C@@H]2C[C@H]2C(C)(C)C)c(Cl)c1.CC[C@H](C)C1=CN(C23CC(C(=O)OC)(C2)C3)C(=O)C[C@@]1(C)c1ccc([C@@H]2C[C@H]2C(C)(C)C)c(Cl)c1. The lowest BCUT2D eigenvalue weighted by Gasteiger charge is -2.71. The number of nitrogens with zero attached hydrogens (tertiary/aromatic N) is 2. The average Bonchev–Trinajstić information content (AvgIpc) is 4.15. The summed E-state index contributed by atoms with van der Waals surface area (Å²) in [5, 5.41) is 11.2. The van der Waals surface area contributed by atoms with Gasteiger partial charge in [0.15, 0.2) is 0 Å². The molecule has 12 rings (SSSR count). The van der Waals surface area contributed by atoms with Crippen molar-refractivity contribution in [3.8, 4) is 0 Å². The summed E-state index contributed by atoms with van der Waals surface area (Å²) in [6, 6.07) is 13.0. The van der Waals surface area contributed by atoms with E-state index < -0.39 is 16.8 Å². The number of carbonyl (C=O) groups is 4.